The average Bonchev–Trinajstić information content (AvgIpc) is 2.92. The van der Waals surface area contributed by atoms with Crippen LogP contribution in [0.5, 0.6) is 0 Å². The van der Waals surface area contributed by atoms with Crippen LogP contribution in [-0.2, 0) is 0 Å². The molecule has 2 nitrogen and oxygen atoms in total. The van der Waals surface area contributed by atoms with Gasteiger partial charge in [-0.3, -0.25) is 4.90 Å². The Morgan fingerprint density at radius 1 is 1.21 bits per heavy atom. The van der Waals surface area contributed by atoms with Crippen molar-refractivity contribution in [2.45, 2.75) is 64.5 Å². The normalized spacial score (nSPS) is 63.7. The van der Waals surface area contributed by atoms with Gasteiger partial charge in [0.25, 0.3) is 0 Å². The van der Waals surface area contributed by atoms with E-state index in [1.54, 1.807) is 5.57 Å². The molecule has 0 radical (unpaired) electrons. The van der Waals surface area contributed by atoms with Gasteiger partial charge >= 0.3 is 0 Å². The molecular formula is C22H33NO. The molecule has 1 N–H and O–H groups in total. The number of likely N-dealkylation sites (tertiary alicyclic amines) is 1. The molecule has 0 aromatic rings. The van der Waals surface area contributed by atoms with Gasteiger partial charge in [0.15, 0.2) is 0 Å². The highest BCUT2D eigenvalue weighted by Gasteiger charge is 2.78. The van der Waals surface area contributed by atoms with Crippen LogP contribution in [0, 0.1) is 46.3 Å². The van der Waals surface area contributed by atoms with E-state index in [-0.39, 0.29) is 11.5 Å². The summed E-state index contributed by atoms with van der Waals surface area (Å²) in [6, 6.07) is 0.673. The summed E-state index contributed by atoms with van der Waals surface area (Å²) in [6.45, 7) is 12.0. The molecule has 24 heavy (non-hydrogen) atoms. The van der Waals surface area contributed by atoms with Crippen molar-refractivity contribution in [3.8, 4) is 0 Å². The number of aliphatic hydroxyl groups is 1. The third-order valence-corrected chi connectivity index (χ3v) is 10.2. The first-order chi connectivity index (χ1) is 11.5. The second-order valence-electron chi connectivity index (χ2n) is 10.5. The van der Waals surface area contributed by atoms with Crippen molar-refractivity contribution in [2.24, 2.45) is 46.3 Å². The molecule has 1 spiro atoms. The molecule has 0 aromatic carbocycles. The lowest BCUT2D eigenvalue weighted by atomic mass is 9.44. The predicted octanol–water partition coefficient (Wildman–Crippen LogP) is 3.71. The summed E-state index contributed by atoms with van der Waals surface area (Å²) in [4.78, 5) is 2.83. The van der Waals surface area contributed by atoms with Gasteiger partial charge in [0.2, 0.25) is 0 Å². The molecule has 10 unspecified atom stereocenters. The molecular weight excluding hydrogens is 294 g/mol. The SMILES string of the molecule is C=C1C2CCC3C4CC5C6(C)CCC(O)C5(C(C2)C13)C4N(CC)C6. The van der Waals surface area contributed by atoms with E-state index in [9.17, 15) is 5.11 Å². The van der Waals surface area contributed by atoms with Crippen molar-refractivity contribution in [3.05, 3.63) is 12.2 Å². The summed E-state index contributed by atoms with van der Waals surface area (Å²) >= 11 is 0. The van der Waals surface area contributed by atoms with Crippen molar-refractivity contribution in [1.82, 2.24) is 4.90 Å². The van der Waals surface area contributed by atoms with Crippen molar-refractivity contribution >= 4 is 0 Å². The first-order valence-corrected chi connectivity index (χ1v) is 10.6. The fourth-order valence-electron chi connectivity index (χ4n) is 9.75. The number of hydrogen-bond donors (Lipinski definition) is 1. The lowest BCUT2D eigenvalue weighted by Gasteiger charge is -2.67. The minimum absolute atomic E-state index is 0.0574. The highest BCUT2D eigenvalue weighted by atomic mass is 16.3. The van der Waals surface area contributed by atoms with Crippen LogP contribution in [0.25, 0.3) is 0 Å². The number of nitrogens with zero attached hydrogens (tertiary/aromatic N) is 1. The van der Waals surface area contributed by atoms with E-state index in [4.69, 9.17) is 0 Å². The van der Waals surface area contributed by atoms with Crippen LogP contribution in [0.15, 0.2) is 12.2 Å². The largest absolute Gasteiger partial charge is 0.392 e. The Kier molecular flexibility index (Phi) is 2.66. The fourth-order valence-corrected chi connectivity index (χ4v) is 9.75. The quantitative estimate of drug-likeness (QED) is 0.742. The molecule has 2 heteroatoms. The van der Waals surface area contributed by atoms with E-state index in [1.807, 2.05) is 0 Å². The number of hydrogen-bond acceptors (Lipinski definition) is 2. The van der Waals surface area contributed by atoms with Crippen molar-refractivity contribution in [1.29, 1.82) is 0 Å². The van der Waals surface area contributed by atoms with Gasteiger partial charge in [-0.25, -0.2) is 0 Å². The van der Waals surface area contributed by atoms with Crippen LogP contribution < -0.4 is 0 Å². The third-order valence-electron chi connectivity index (χ3n) is 10.2. The van der Waals surface area contributed by atoms with E-state index in [2.05, 4.69) is 25.3 Å². The van der Waals surface area contributed by atoms with Crippen molar-refractivity contribution < 1.29 is 5.11 Å². The monoisotopic (exact) mass is 327 g/mol. The summed E-state index contributed by atoms with van der Waals surface area (Å²) < 4.78 is 0. The van der Waals surface area contributed by atoms with Gasteiger partial charge in [0.05, 0.1) is 6.10 Å². The Balaban J connectivity index is 1.60. The maximum absolute atomic E-state index is 11.5. The maximum atomic E-state index is 11.5. The zero-order chi connectivity index (χ0) is 16.4. The third kappa shape index (κ3) is 1.32. The number of aliphatic hydroxyl groups excluding tert-OH is 1. The molecule has 5 aliphatic carbocycles. The molecule has 7 bridgehead atoms. The summed E-state index contributed by atoms with van der Waals surface area (Å²) in [5, 5.41) is 11.5. The van der Waals surface area contributed by atoms with Gasteiger partial charge in [-0.2, -0.15) is 0 Å². The van der Waals surface area contributed by atoms with Crippen LogP contribution in [0.3, 0.4) is 0 Å². The van der Waals surface area contributed by atoms with E-state index < -0.39 is 0 Å². The second kappa shape index (κ2) is 4.31. The van der Waals surface area contributed by atoms with Gasteiger partial charge in [0.1, 0.15) is 0 Å². The molecule has 1 heterocycles. The topological polar surface area (TPSA) is 23.5 Å². The smallest absolute Gasteiger partial charge is 0.0617 e. The highest BCUT2D eigenvalue weighted by Crippen LogP contribution is 2.78. The Morgan fingerprint density at radius 2 is 2.04 bits per heavy atom. The lowest BCUT2D eigenvalue weighted by molar-refractivity contribution is -0.222. The van der Waals surface area contributed by atoms with Crippen molar-refractivity contribution in [2.75, 3.05) is 13.1 Å². The number of rotatable bonds is 1. The van der Waals surface area contributed by atoms with E-state index >= 15 is 0 Å². The Morgan fingerprint density at radius 3 is 2.83 bits per heavy atom. The minimum atomic E-state index is -0.0574. The fraction of sp³-hybridized carbons (Fsp3) is 0.909. The molecule has 132 valence electrons. The van der Waals surface area contributed by atoms with Gasteiger partial charge in [0, 0.05) is 18.0 Å². The molecule has 10 atom stereocenters. The zero-order valence-electron chi connectivity index (χ0n) is 15.4. The first kappa shape index (κ1) is 14.8. The van der Waals surface area contributed by atoms with E-state index in [1.165, 1.54) is 45.2 Å². The Hall–Kier alpha value is -0.340. The van der Waals surface area contributed by atoms with Crippen LogP contribution in [0.2, 0.25) is 0 Å². The van der Waals surface area contributed by atoms with Gasteiger partial charge in [-0.15, -0.1) is 0 Å². The summed E-state index contributed by atoms with van der Waals surface area (Å²) in [5.74, 6) is 4.76. The van der Waals surface area contributed by atoms with Gasteiger partial charge in [-0.05, 0) is 86.0 Å². The minimum Gasteiger partial charge on any atom is -0.392 e. The summed E-state index contributed by atoms with van der Waals surface area (Å²) in [6.07, 6.45) is 7.83. The number of piperidine rings is 1. The van der Waals surface area contributed by atoms with Crippen molar-refractivity contribution in [3.63, 3.8) is 0 Å². The molecule has 0 aromatic heterocycles. The van der Waals surface area contributed by atoms with E-state index in [0.29, 0.717) is 11.5 Å². The Bertz CT molecular complexity index is 615. The second-order valence-corrected chi connectivity index (χ2v) is 10.5. The first-order valence-electron chi connectivity index (χ1n) is 10.6. The molecule has 0 amide bonds. The average molecular weight is 328 g/mol. The van der Waals surface area contributed by atoms with Crippen LogP contribution in [-0.4, -0.2) is 35.2 Å². The lowest BCUT2D eigenvalue weighted by Crippen LogP contribution is -2.71. The van der Waals surface area contributed by atoms with Crippen LogP contribution >= 0.6 is 0 Å². The molecule has 1 saturated heterocycles. The molecule has 6 aliphatic rings. The summed E-state index contributed by atoms with van der Waals surface area (Å²) in [5.41, 5.74) is 2.25. The number of allylic oxidation sites excluding steroid dienone is 1. The number of fused-ring (bicyclic) bond motifs is 2. The van der Waals surface area contributed by atoms with Crippen LogP contribution in [0.4, 0.5) is 0 Å². The summed E-state index contributed by atoms with van der Waals surface area (Å²) in [7, 11) is 0. The molecule has 6 fully saturated rings. The molecule has 6 rings (SSSR count). The van der Waals surface area contributed by atoms with Crippen LogP contribution in [0.1, 0.15) is 52.4 Å². The maximum Gasteiger partial charge on any atom is 0.0617 e. The predicted molar refractivity (Wildman–Crippen MR) is 95.4 cm³/mol. The molecule has 5 saturated carbocycles. The Labute approximate surface area is 146 Å². The van der Waals surface area contributed by atoms with E-state index in [0.717, 1.165) is 41.9 Å². The standard InChI is InChI=1S/C22H33NO/c1-4-23-11-21(3)8-7-18(24)22-16-9-13-5-6-14(19(16)12(13)2)15(20(22)23)10-17(21)22/h13-20,24H,2,4-11H2,1,3H3. The van der Waals surface area contributed by atoms with Gasteiger partial charge in [-0.1, -0.05) is 26.0 Å². The zero-order valence-corrected chi connectivity index (χ0v) is 15.4. The van der Waals surface area contributed by atoms with Gasteiger partial charge < -0.3 is 5.11 Å². The highest BCUT2D eigenvalue weighted by molar-refractivity contribution is 5.33. The molecule has 1 aliphatic heterocycles.